The summed E-state index contributed by atoms with van der Waals surface area (Å²) in [5, 5.41) is 9.94. The molecule has 2 aromatic rings. The molecule has 0 aromatic carbocycles. The highest BCUT2D eigenvalue weighted by molar-refractivity contribution is 5.65. The van der Waals surface area contributed by atoms with Gasteiger partial charge in [0.1, 0.15) is 11.6 Å². The van der Waals surface area contributed by atoms with Gasteiger partial charge >= 0.3 is 0 Å². The van der Waals surface area contributed by atoms with E-state index in [0.29, 0.717) is 6.61 Å². The molecule has 1 fully saturated rings. The van der Waals surface area contributed by atoms with Gasteiger partial charge in [-0.3, -0.25) is 4.90 Å². The van der Waals surface area contributed by atoms with Crippen LogP contribution in [0, 0.1) is 11.3 Å². The van der Waals surface area contributed by atoms with Crippen LogP contribution in [0.15, 0.2) is 22.8 Å². The summed E-state index contributed by atoms with van der Waals surface area (Å²) in [5.74, 6) is 1.73. The summed E-state index contributed by atoms with van der Waals surface area (Å²) in [6.45, 7) is 6.63. The molecule has 0 spiro atoms. The van der Waals surface area contributed by atoms with E-state index in [-0.39, 0.29) is 5.60 Å². The Balaban J connectivity index is 1.92. The minimum Gasteiger partial charge on any atom is -0.461 e. The molecule has 0 bridgehead atoms. The maximum absolute atomic E-state index is 9.94. The molecule has 4 heterocycles. The highest BCUT2D eigenvalue weighted by Gasteiger charge is 2.36. The van der Waals surface area contributed by atoms with E-state index in [9.17, 15) is 5.26 Å². The van der Waals surface area contributed by atoms with Crippen LogP contribution in [0.1, 0.15) is 49.8 Å². The summed E-state index contributed by atoms with van der Waals surface area (Å²) < 4.78 is 11.7. The number of aromatic nitrogens is 1. The Morgan fingerprint density at radius 2 is 2.00 bits per heavy atom. The molecule has 0 saturated carbocycles. The van der Waals surface area contributed by atoms with Gasteiger partial charge in [0.25, 0.3) is 5.82 Å². The van der Waals surface area contributed by atoms with Gasteiger partial charge in [-0.05, 0) is 50.8 Å². The number of hydrogen-bond donors (Lipinski definition) is 0. The van der Waals surface area contributed by atoms with E-state index < -0.39 is 0 Å². The standard InChI is InChI=1S/C20H23N3O2/c1-20(2)11-14-15(12-21)19(23-8-4-3-5-9-23)22-18(16(14)13-25-20)17-7-6-10-24-17/h6-7,10H,3-5,8-9,11,13H2,1-2H3/p+1. The number of H-pyrrole nitrogens is 1. The van der Waals surface area contributed by atoms with Crippen molar-refractivity contribution in [2.75, 3.05) is 18.0 Å². The first kappa shape index (κ1) is 16.2. The fourth-order valence-corrected chi connectivity index (χ4v) is 3.91. The third-order valence-corrected chi connectivity index (χ3v) is 5.21. The molecule has 2 aliphatic rings. The maximum atomic E-state index is 9.94. The van der Waals surface area contributed by atoms with Gasteiger partial charge in [-0.2, -0.15) is 5.26 Å². The molecule has 4 rings (SSSR count). The molecular formula is C20H24N3O2+. The van der Waals surface area contributed by atoms with Crippen LogP contribution in [0.3, 0.4) is 0 Å². The van der Waals surface area contributed by atoms with Crippen LogP contribution in [0.2, 0.25) is 0 Å². The second-order valence-electron chi connectivity index (χ2n) is 7.54. The van der Waals surface area contributed by atoms with E-state index in [1.54, 1.807) is 6.26 Å². The van der Waals surface area contributed by atoms with Crippen molar-refractivity contribution < 1.29 is 14.1 Å². The lowest BCUT2D eigenvalue weighted by Gasteiger charge is -2.33. The highest BCUT2D eigenvalue weighted by atomic mass is 16.5. The van der Waals surface area contributed by atoms with E-state index in [2.05, 4.69) is 29.8 Å². The Morgan fingerprint density at radius 3 is 2.68 bits per heavy atom. The van der Waals surface area contributed by atoms with Gasteiger partial charge < -0.3 is 9.15 Å². The molecule has 130 valence electrons. The number of ether oxygens (including phenoxy) is 1. The van der Waals surface area contributed by atoms with Gasteiger partial charge in [0.15, 0.2) is 11.5 Å². The first-order valence-corrected chi connectivity index (χ1v) is 9.03. The first-order valence-electron chi connectivity index (χ1n) is 9.03. The minimum atomic E-state index is -0.264. The maximum Gasteiger partial charge on any atom is 0.293 e. The molecule has 1 saturated heterocycles. The van der Waals surface area contributed by atoms with E-state index in [0.717, 1.165) is 53.5 Å². The number of aromatic amines is 1. The summed E-state index contributed by atoms with van der Waals surface area (Å²) in [7, 11) is 0. The molecule has 0 amide bonds. The summed E-state index contributed by atoms with van der Waals surface area (Å²) in [6.07, 6.45) is 6.01. The molecule has 25 heavy (non-hydrogen) atoms. The van der Waals surface area contributed by atoms with Crippen LogP contribution >= 0.6 is 0 Å². The fraction of sp³-hybridized carbons (Fsp3) is 0.500. The van der Waals surface area contributed by atoms with E-state index in [1.807, 2.05) is 12.1 Å². The molecule has 5 nitrogen and oxygen atoms in total. The van der Waals surface area contributed by atoms with Crippen LogP contribution in [-0.2, 0) is 17.8 Å². The van der Waals surface area contributed by atoms with Crippen molar-refractivity contribution in [1.82, 2.24) is 0 Å². The lowest BCUT2D eigenvalue weighted by molar-refractivity contribution is -0.353. The number of rotatable bonds is 2. The van der Waals surface area contributed by atoms with Crippen molar-refractivity contribution in [1.29, 1.82) is 5.26 Å². The van der Waals surface area contributed by atoms with Crippen LogP contribution < -0.4 is 9.88 Å². The lowest BCUT2D eigenvalue weighted by atomic mass is 9.87. The molecule has 0 aliphatic carbocycles. The Morgan fingerprint density at radius 1 is 1.20 bits per heavy atom. The average molecular weight is 338 g/mol. The van der Waals surface area contributed by atoms with Gasteiger partial charge in [-0.25, -0.2) is 4.98 Å². The predicted octanol–water partition coefficient (Wildman–Crippen LogP) is 3.47. The highest BCUT2D eigenvalue weighted by Crippen LogP contribution is 2.37. The minimum absolute atomic E-state index is 0.264. The Kier molecular flexibility index (Phi) is 4.01. The number of piperidine rings is 1. The Bertz CT molecular complexity index is 812. The summed E-state index contributed by atoms with van der Waals surface area (Å²) in [5.41, 5.74) is 3.59. The second-order valence-corrected chi connectivity index (χ2v) is 7.54. The zero-order valence-corrected chi connectivity index (χ0v) is 14.9. The van der Waals surface area contributed by atoms with Crippen molar-refractivity contribution in [2.45, 2.75) is 51.7 Å². The molecule has 1 N–H and O–H groups in total. The molecule has 0 atom stereocenters. The number of nitrogens with one attached hydrogen (secondary N) is 1. The third kappa shape index (κ3) is 2.91. The van der Waals surface area contributed by atoms with Gasteiger partial charge in [0.2, 0.25) is 0 Å². The molecule has 2 aliphatic heterocycles. The van der Waals surface area contributed by atoms with Crippen molar-refractivity contribution >= 4 is 5.82 Å². The van der Waals surface area contributed by atoms with Gasteiger partial charge in [0, 0.05) is 12.0 Å². The van der Waals surface area contributed by atoms with Crippen molar-refractivity contribution in [3.8, 4) is 17.5 Å². The van der Waals surface area contributed by atoms with Crippen LogP contribution in [0.4, 0.5) is 5.82 Å². The summed E-state index contributed by atoms with van der Waals surface area (Å²) >= 11 is 0. The molecular weight excluding hydrogens is 314 g/mol. The lowest BCUT2D eigenvalue weighted by Crippen LogP contribution is -2.39. The molecule has 0 radical (unpaired) electrons. The zero-order chi connectivity index (χ0) is 17.4. The Hall–Kier alpha value is -2.32. The summed E-state index contributed by atoms with van der Waals surface area (Å²) in [4.78, 5) is 5.84. The number of nitriles is 1. The van der Waals surface area contributed by atoms with E-state index >= 15 is 0 Å². The van der Waals surface area contributed by atoms with E-state index in [4.69, 9.17) is 9.15 Å². The Labute approximate surface area is 148 Å². The SMILES string of the molecule is CC1(C)Cc2c(C#N)c(N3CCCCC3)[nH+]c(-c3ccco3)c2CO1. The van der Waals surface area contributed by atoms with Gasteiger partial charge in [0.05, 0.1) is 31.6 Å². The van der Waals surface area contributed by atoms with Crippen LogP contribution in [-0.4, -0.2) is 18.7 Å². The van der Waals surface area contributed by atoms with Crippen molar-refractivity contribution in [3.63, 3.8) is 0 Å². The van der Waals surface area contributed by atoms with Gasteiger partial charge in [-0.15, -0.1) is 0 Å². The fourth-order valence-electron chi connectivity index (χ4n) is 3.91. The monoisotopic (exact) mass is 338 g/mol. The summed E-state index contributed by atoms with van der Waals surface area (Å²) in [6, 6.07) is 6.32. The topological polar surface area (TPSA) is 63.5 Å². The second kappa shape index (κ2) is 6.20. The number of nitrogens with zero attached hydrogens (tertiary/aromatic N) is 2. The number of pyridine rings is 1. The number of furan rings is 1. The molecule has 5 heteroatoms. The third-order valence-electron chi connectivity index (χ3n) is 5.21. The number of anilines is 1. The number of hydrogen-bond acceptors (Lipinski definition) is 4. The van der Waals surface area contributed by atoms with E-state index in [1.165, 1.54) is 19.3 Å². The molecule has 2 aromatic heterocycles. The van der Waals surface area contributed by atoms with Gasteiger partial charge in [-0.1, -0.05) is 0 Å². The van der Waals surface area contributed by atoms with Crippen LogP contribution in [0.25, 0.3) is 11.5 Å². The zero-order valence-electron chi connectivity index (χ0n) is 14.9. The number of fused-ring (bicyclic) bond motifs is 1. The molecule has 0 unspecified atom stereocenters. The normalized spacial score (nSPS) is 19.3. The average Bonchev–Trinajstić information content (AvgIpc) is 3.14. The van der Waals surface area contributed by atoms with Crippen LogP contribution in [0.5, 0.6) is 0 Å². The van der Waals surface area contributed by atoms with Crippen molar-refractivity contribution in [3.05, 3.63) is 35.1 Å². The largest absolute Gasteiger partial charge is 0.461 e. The predicted molar refractivity (Wildman–Crippen MR) is 94.1 cm³/mol. The van der Waals surface area contributed by atoms with Crippen molar-refractivity contribution in [2.24, 2.45) is 0 Å². The first-order chi connectivity index (χ1) is 12.1. The quantitative estimate of drug-likeness (QED) is 0.841. The smallest absolute Gasteiger partial charge is 0.293 e.